The fourth-order valence-electron chi connectivity index (χ4n) is 1.54. The molecule has 1 N–H and O–H groups in total. The molecule has 0 unspecified atom stereocenters. The molecule has 0 aliphatic heterocycles. The van der Waals surface area contributed by atoms with Gasteiger partial charge in [0.05, 0.1) is 5.02 Å². The van der Waals surface area contributed by atoms with Crippen molar-refractivity contribution in [1.29, 1.82) is 0 Å². The van der Waals surface area contributed by atoms with Gasteiger partial charge in [-0.15, -0.1) is 0 Å². The highest BCUT2D eigenvalue weighted by atomic mass is 79.9. The van der Waals surface area contributed by atoms with Crippen molar-refractivity contribution in [2.24, 2.45) is 0 Å². The molecule has 1 amide bonds. The summed E-state index contributed by atoms with van der Waals surface area (Å²) in [4.78, 5) is 15.9. The third-order valence-corrected chi connectivity index (χ3v) is 3.24. The van der Waals surface area contributed by atoms with E-state index in [4.69, 9.17) is 16.3 Å². The molecule has 20 heavy (non-hydrogen) atoms. The average Bonchev–Trinajstić information content (AvgIpc) is 2.41. The molecular weight excluding hydrogens is 344 g/mol. The summed E-state index contributed by atoms with van der Waals surface area (Å²) in [7, 11) is 0. The summed E-state index contributed by atoms with van der Waals surface area (Å²) >= 11 is 9.25. The highest BCUT2D eigenvalue weighted by Crippen LogP contribution is 2.23. The van der Waals surface area contributed by atoms with Crippen LogP contribution in [0.2, 0.25) is 5.02 Å². The zero-order valence-corrected chi connectivity index (χ0v) is 13.0. The number of pyridine rings is 1. The number of rotatable bonds is 4. The Bertz CT molecular complexity index is 634. The number of ether oxygens (including phenoxy) is 1. The van der Waals surface area contributed by atoms with Gasteiger partial charge in [0.1, 0.15) is 11.6 Å². The normalized spacial score (nSPS) is 10.2. The van der Waals surface area contributed by atoms with Gasteiger partial charge in [-0.05, 0) is 46.6 Å². The van der Waals surface area contributed by atoms with Gasteiger partial charge in [-0.3, -0.25) is 4.79 Å². The van der Waals surface area contributed by atoms with Crippen LogP contribution in [0, 0.1) is 6.92 Å². The third-order valence-electron chi connectivity index (χ3n) is 2.50. The number of hydrogen-bond donors (Lipinski definition) is 1. The number of aromatic nitrogens is 1. The number of anilines is 1. The molecule has 0 saturated heterocycles. The van der Waals surface area contributed by atoms with Crippen LogP contribution in [0.3, 0.4) is 0 Å². The van der Waals surface area contributed by atoms with Crippen molar-refractivity contribution in [2.45, 2.75) is 6.92 Å². The zero-order valence-electron chi connectivity index (χ0n) is 10.7. The maximum Gasteiger partial charge on any atom is 0.263 e. The molecule has 6 heteroatoms. The maximum atomic E-state index is 11.8. The first-order valence-corrected chi connectivity index (χ1v) is 7.02. The molecule has 0 fully saturated rings. The predicted molar refractivity (Wildman–Crippen MR) is 82.3 cm³/mol. The Morgan fingerprint density at radius 3 is 2.90 bits per heavy atom. The van der Waals surface area contributed by atoms with Crippen molar-refractivity contribution in [3.05, 3.63) is 51.6 Å². The Morgan fingerprint density at radius 1 is 1.45 bits per heavy atom. The first kappa shape index (κ1) is 14.8. The molecule has 0 aliphatic carbocycles. The number of halogens is 2. The number of amides is 1. The van der Waals surface area contributed by atoms with Crippen molar-refractivity contribution in [2.75, 3.05) is 11.9 Å². The maximum absolute atomic E-state index is 11.8. The quantitative estimate of drug-likeness (QED) is 0.907. The molecule has 1 aromatic heterocycles. The van der Waals surface area contributed by atoms with Gasteiger partial charge in [0.15, 0.2) is 6.61 Å². The molecule has 0 saturated carbocycles. The van der Waals surface area contributed by atoms with Crippen molar-refractivity contribution in [3.63, 3.8) is 0 Å². The number of hydrogen-bond acceptors (Lipinski definition) is 3. The number of benzene rings is 1. The molecule has 2 aromatic rings. The van der Waals surface area contributed by atoms with Crippen molar-refractivity contribution < 1.29 is 9.53 Å². The lowest BCUT2D eigenvalue weighted by Crippen LogP contribution is -2.21. The summed E-state index contributed by atoms with van der Waals surface area (Å²) in [6.07, 6.45) is 1.62. The van der Waals surface area contributed by atoms with Gasteiger partial charge in [-0.1, -0.05) is 23.7 Å². The van der Waals surface area contributed by atoms with Crippen LogP contribution in [0.25, 0.3) is 0 Å². The standard InChI is InChI=1S/C14H12BrClN2O2/c1-9-6-10(15)7-17-14(9)18-13(19)8-20-12-5-3-2-4-11(12)16/h2-7H,8H2,1H3,(H,17,18,19). The Balaban J connectivity index is 1.94. The van der Waals surface area contributed by atoms with Gasteiger partial charge in [0, 0.05) is 10.7 Å². The van der Waals surface area contributed by atoms with E-state index in [1.807, 2.05) is 13.0 Å². The van der Waals surface area contributed by atoms with E-state index in [2.05, 4.69) is 26.2 Å². The van der Waals surface area contributed by atoms with E-state index in [9.17, 15) is 4.79 Å². The van der Waals surface area contributed by atoms with Gasteiger partial charge >= 0.3 is 0 Å². The summed E-state index contributed by atoms with van der Waals surface area (Å²) in [6.45, 7) is 1.74. The van der Waals surface area contributed by atoms with Crippen molar-refractivity contribution in [3.8, 4) is 5.75 Å². The molecule has 0 aliphatic rings. The fraction of sp³-hybridized carbons (Fsp3) is 0.143. The van der Waals surface area contributed by atoms with Crippen molar-refractivity contribution >= 4 is 39.3 Å². The van der Waals surface area contributed by atoms with E-state index >= 15 is 0 Å². The number of nitrogens with one attached hydrogen (secondary N) is 1. The summed E-state index contributed by atoms with van der Waals surface area (Å²) < 4.78 is 6.21. The number of carbonyl (C=O) groups is 1. The van der Waals surface area contributed by atoms with Crippen LogP contribution in [0.4, 0.5) is 5.82 Å². The van der Waals surface area contributed by atoms with Crippen molar-refractivity contribution in [1.82, 2.24) is 4.98 Å². The number of carbonyl (C=O) groups excluding carboxylic acids is 1. The smallest absolute Gasteiger partial charge is 0.263 e. The first-order chi connectivity index (χ1) is 9.56. The van der Waals surface area contributed by atoms with E-state index in [1.165, 1.54) is 0 Å². The number of aryl methyl sites for hydroxylation is 1. The molecule has 0 radical (unpaired) electrons. The lowest BCUT2D eigenvalue weighted by atomic mass is 10.3. The van der Waals surface area contributed by atoms with Crippen LogP contribution in [0.5, 0.6) is 5.75 Å². The molecule has 0 atom stereocenters. The second-order valence-corrected chi connectivity index (χ2v) is 5.41. The molecule has 4 nitrogen and oxygen atoms in total. The van der Waals surface area contributed by atoms with Crippen LogP contribution >= 0.6 is 27.5 Å². The van der Waals surface area contributed by atoms with Gasteiger partial charge in [-0.25, -0.2) is 4.98 Å². The Hall–Kier alpha value is -1.59. The lowest BCUT2D eigenvalue weighted by molar-refractivity contribution is -0.118. The molecular formula is C14H12BrClN2O2. The van der Waals surface area contributed by atoms with Crippen LogP contribution in [0.15, 0.2) is 41.0 Å². The number of para-hydroxylation sites is 1. The largest absolute Gasteiger partial charge is 0.482 e. The van der Waals surface area contributed by atoms with E-state index < -0.39 is 0 Å². The number of nitrogens with zero attached hydrogens (tertiary/aromatic N) is 1. The summed E-state index contributed by atoms with van der Waals surface area (Å²) in [5.74, 6) is 0.702. The minimum atomic E-state index is -0.289. The zero-order chi connectivity index (χ0) is 14.5. The van der Waals surface area contributed by atoms with Gasteiger partial charge in [-0.2, -0.15) is 0 Å². The minimum absolute atomic E-state index is 0.124. The summed E-state index contributed by atoms with van der Waals surface area (Å²) in [5, 5.41) is 3.16. The molecule has 0 spiro atoms. The van der Waals surface area contributed by atoms with Crippen LogP contribution < -0.4 is 10.1 Å². The molecule has 1 heterocycles. The lowest BCUT2D eigenvalue weighted by Gasteiger charge is -2.09. The Labute approximate surface area is 130 Å². The summed E-state index contributed by atoms with van der Waals surface area (Å²) in [5.41, 5.74) is 0.866. The minimum Gasteiger partial charge on any atom is -0.482 e. The summed E-state index contributed by atoms with van der Waals surface area (Å²) in [6, 6.07) is 8.87. The fourth-order valence-corrected chi connectivity index (χ4v) is 2.18. The van der Waals surface area contributed by atoms with Gasteiger partial charge < -0.3 is 10.1 Å². The Kier molecular flexibility index (Phi) is 4.98. The molecule has 1 aromatic carbocycles. The predicted octanol–water partition coefficient (Wildman–Crippen LogP) is 3.82. The Morgan fingerprint density at radius 2 is 2.20 bits per heavy atom. The first-order valence-electron chi connectivity index (χ1n) is 5.85. The highest BCUT2D eigenvalue weighted by molar-refractivity contribution is 9.10. The van der Waals surface area contributed by atoms with Gasteiger partial charge in [0.25, 0.3) is 5.91 Å². The topological polar surface area (TPSA) is 51.2 Å². The van der Waals surface area contributed by atoms with Gasteiger partial charge in [0.2, 0.25) is 0 Å². The van der Waals surface area contributed by atoms with E-state index in [0.29, 0.717) is 16.6 Å². The van der Waals surface area contributed by atoms with E-state index in [1.54, 1.807) is 30.5 Å². The molecule has 104 valence electrons. The van der Waals surface area contributed by atoms with E-state index in [0.717, 1.165) is 10.0 Å². The second-order valence-electron chi connectivity index (χ2n) is 4.09. The molecule has 2 rings (SSSR count). The monoisotopic (exact) mass is 354 g/mol. The highest BCUT2D eigenvalue weighted by Gasteiger charge is 2.08. The van der Waals surface area contributed by atoms with Crippen LogP contribution in [-0.4, -0.2) is 17.5 Å². The van der Waals surface area contributed by atoms with E-state index in [-0.39, 0.29) is 12.5 Å². The average molecular weight is 356 g/mol. The molecule has 0 bridgehead atoms. The van der Waals surface area contributed by atoms with Crippen LogP contribution in [-0.2, 0) is 4.79 Å². The van der Waals surface area contributed by atoms with Crippen LogP contribution in [0.1, 0.15) is 5.56 Å². The second kappa shape index (κ2) is 6.72. The SMILES string of the molecule is Cc1cc(Br)cnc1NC(=O)COc1ccccc1Cl. The third kappa shape index (κ3) is 3.95.